The van der Waals surface area contributed by atoms with Crippen molar-refractivity contribution in [3.05, 3.63) is 59.7 Å². The second-order valence-electron chi connectivity index (χ2n) is 5.09. The number of aromatic nitrogens is 1. The van der Waals surface area contributed by atoms with Crippen molar-refractivity contribution in [3.8, 4) is 0 Å². The van der Waals surface area contributed by atoms with Gasteiger partial charge in [-0.2, -0.15) is 0 Å². The maximum atomic E-state index is 14.1. The van der Waals surface area contributed by atoms with Gasteiger partial charge in [0.05, 0.1) is 12.2 Å². The van der Waals surface area contributed by atoms with Gasteiger partial charge in [-0.05, 0) is 37.2 Å². The molecule has 112 valence electrons. The summed E-state index contributed by atoms with van der Waals surface area (Å²) in [5.41, 5.74) is 2.59. The molecule has 0 fully saturated rings. The number of halogens is 1. The summed E-state index contributed by atoms with van der Waals surface area (Å²) in [5, 5.41) is 3.27. The second kappa shape index (κ2) is 7.74. The van der Waals surface area contributed by atoms with Gasteiger partial charge in [0.2, 0.25) is 0 Å². The predicted octanol–water partition coefficient (Wildman–Crippen LogP) is 3.36. The Morgan fingerprint density at radius 2 is 2.05 bits per heavy atom. The first-order chi connectivity index (χ1) is 10.2. The summed E-state index contributed by atoms with van der Waals surface area (Å²) in [6.07, 6.45) is 2.81. The lowest BCUT2D eigenvalue weighted by atomic mass is 10.1. The molecule has 21 heavy (non-hydrogen) atoms. The summed E-state index contributed by atoms with van der Waals surface area (Å²) in [4.78, 5) is 6.36. The minimum Gasteiger partial charge on any atom is -0.368 e. The monoisotopic (exact) mass is 287 g/mol. The molecule has 0 aliphatic carbocycles. The molecule has 0 atom stereocenters. The van der Waals surface area contributed by atoms with Crippen LogP contribution in [0.15, 0.2) is 42.6 Å². The molecule has 0 saturated carbocycles. The minimum absolute atomic E-state index is 0.163. The zero-order valence-electron chi connectivity index (χ0n) is 12.6. The smallest absolute Gasteiger partial charge is 0.129 e. The molecule has 1 aromatic heterocycles. The third kappa shape index (κ3) is 4.26. The van der Waals surface area contributed by atoms with Gasteiger partial charge in [0.1, 0.15) is 5.82 Å². The lowest BCUT2D eigenvalue weighted by Gasteiger charge is -2.22. The molecular weight excluding hydrogens is 265 g/mol. The van der Waals surface area contributed by atoms with Crippen LogP contribution in [-0.4, -0.2) is 18.6 Å². The van der Waals surface area contributed by atoms with Crippen LogP contribution in [0.3, 0.4) is 0 Å². The van der Waals surface area contributed by atoms with Crippen molar-refractivity contribution in [2.24, 2.45) is 0 Å². The summed E-state index contributed by atoms with van der Waals surface area (Å²) >= 11 is 0. The van der Waals surface area contributed by atoms with E-state index in [1.807, 2.05) is 36.2 Å². The fraction of sp³-hybridized carbons (Fsp3) is 0.353. The van der Waals surface area contributed by atoms with E-state index in [2.05, 4.69) is 17.2 Å². The standard InChI is InChI=1S/C17H22FN3/c1-3-10-19-12-15-16(18)8-6-9-17(15)21(2)13-14-7-4-5-11-20-14/h4-9,11,19H,3,10,12-13H2,1-2H3. The van der Waals surface area contributed by atoms with E-state index >= 15 is 0 Å². The molecule has 0 bridgehead atoms. The highest BCUT2D eigenvalue weighted by Crippen LogP contribution is 2.23. The number of benzene rings is 1. The maximum absolute atomic E-state index is 14.1. The quantitative estimate of drug-likeness (QED) is 0.792. The van der Waals surface area contributed by atoms with E-state index in [0.717, 1.165) is 24.3 Å². The molecule has 0 amide bonds. The first-order valence-electron chi connectivity index (χ1n) is 7.31. The van der Waals surface area contributed by atoms with Crippen LogP contribution in [0.5, 0.6) is 0 Å². The summed E-state index contributed by atoms with van der Waals surface area (Å²) < 4.78 is 14.1. The molecule has 0 unspecified atom stereocenters. The molecular formula is C17H22FN3. The molecule has 1 N–H and O–H groups in total. The van der Waals surface area contributed by atoms with E-state index < -0.39 is 0 Å². The fourth-order valence-electron chi connectivity index (χ4n) is 2.29. The molecule has 3 nitrogen and oxygen atoms in total. The predicted molar refractivity (Wildman–Crippen MR) is 84.7 cm³/mol. The van der Waals surface area contributed by atoms with Gasteiger partial charge in [-0.25, -0.2) is 4.39 Å². The third-order valence-electron chi connectivity index (χ3n) is 3.36. The number of hydrogen-bond acceptors (Lipinski definition) is 3. The highest BCUT2D eigenvalue weighted by Gasteiger charge is 2.12. The molecule has 0 spiro atoms. The van der Waals surface area contributed by atoms with E-state index in [9.17, 15) is 4.39 Å². The van der Waals surface area contributed by atoms with E-state index in [0.29, 0.717) is 18.7 Å². The van der Waals surface area contributed by atoms with Crippen LogP contribution in [0.1, 0.15) is 24.6 Å². The SMILES string of the molecule is CCCNCc1c(F)cccc1N(C)Cc1ccccn1. The largest absolute Gasteiger partial charge is 0.368 e. The molecule has 4 heteroatoms. The van der Waals surface area contributed by atoms with E-state index in [-0.39, 0.29) is 5.82 Å². The van der Waals surface area contributed by atoms with Crippen LogP contribution in [-0.2, 0) is 13.1 Å². The van der Waals surface area contributed by atoms with Crippen LogP contribution in [0.2, 0.25) is 0 Å². The van der Waals surface area contributed by atoms with Gasteiger partial charge in [0.25, 0.3) is 0 Å². The Balaban J connectivity index is 2.15. The number of nitrogens with one attached hydrogen (secondary N) is 1. The molecule has 0 aliphatic rings. The van der Waals surface area contributed by atoms with Crippen molar-refractivity contribution in [3.63, 3.8) is 0 Å². The van der Waals surface area contributed by atoms with Gasteiger partial charge >= 0.3 is 0 Å². The average Bonchev–Trinajstić information content (AvgIpc) is 2.50. The van der Waals surface area contributed by atoms with Crippen LogP contribution < -0.4 is 10.2 Å². The van der Waals surface area contributed by atoms with Crippen molar-refractivity contribution in [2.75, 3.05) is 18.5 Å². The van der Waals surface area contributed by atoms with Gasteiger partial charge in [-0.3, -0.25) is 4.98 Å². The van der Waals surface area contributed by atoms with Gasteiger partial charge in [-0.1, -0.05) is 19.1 Å². The summed E-state index contributed by atoms with van der Waals surface area (Å²) in [6.45, 7) is 4.19. The molecule has 0 saturated heterocycles. The maximum Gasteiger partial charge on any atom is 0.129 e. The van der Waals surface area contributed by atoms with Crippen molar-refractivity contribution >= 4 is 5.69 Å². The average molecular weight is 287 g/mol. The Morgan fingerprint density at radius 1 is 1.19 bits per heavy atom. The number of pyridine rings is 1. The molecule has 1 heterocycles. The van der Waals surface area contributed by atoms with Crippen LogP contribution >= 0.6 is 0 Å². The van der Waals surface area contributed by atoms with Crippen molar-refractivity contribution in [1.29, 1.82) is 0 Å². The minimum atomic E-state index is -0.163. The molecule has 0 aliphatic heterocycles. The Hall–Kier alpha value is -1.94. The first-order valence-corrected chi connectivity index (χ1v) is 7.31. The normalized spacial score (nSPS) is 10.6. The van der Waals surface area contributed by atoms with Crippen molar-refractivity contribution < 1.29 is 4.39 Å². The Labute approximate surface area is 125 Å². The van der Waals surface area contributed by atoms with Crippen LogP contribution in [0.4, 0.5) is 10.1 Å². The number of hydrogen-bond donors (Lipinski definition) is 1. The second-order valence-corrected chi connectivity index (χ2v) is 5.09. The summed E-state index contributed by atoms with van der Waals surface area (Å²) in [5.74, 6) is -0.163. The Morgan fingerprint density at radius 3 is 2.76 bits per heavy atom. The van der Waals surface area contributed by atoms with Gasteiger partial charge in [-0.15, -0.1) is 0 Å². The van der Waals surface area contributed by atoms with E-state index in [4.69, 9.17) is 0 Å². The molecule has 2 aromatic rings. The van der Waals surface area contributed by atoms with Gasteiger partial charge < -0.3 is 10.2 Å². The van der Waals surface area contributed by atoms with Crippen LogP contribution in [0.25, 0.3) is 0 Å². The molecule has 1 aromatic carbocycles. The lowest BCUT2D eigenvalue weighted by molar-refractivity contribution is 0.585. The topological polar surface area (TPSA) is 28.2 Å². The summed E-state index contributed by atoms with van der Waals surface area (Å²) in [6, 6.07) is 11.1. The lowest BCUT2D eigenvalue weighted by Crippen LogP contribution is -2.22. The van der Waals surface area contributed by atoms with Gasteiger partial charge in [0, 0.05) is 31.0 Å². The Bertz CT molecular complexity index is 557. The zero-order chi connectivity index (χ0) is 15.1. The van der Waals surface area contributed by atoms with Crippen LogP contribution in [0, 0.1) is 5.82 Å². The number of rotatable bonds is 7. The first kappa shape index (κ1) is 15.4. The summed E-state index contributed by atoms with van der Waals surface area (Å²) in [7, 11) is 1.97. The number of anilines is 1. The zero-order valence-corrected chi connectivity index (χ0v) is 12.6. The number of nitrogens with zero attached hydrogens (tertiary/aromatic N) is 2. The molecule has 0 radical (unpaired) electrons. The highest BCUT2D eigenvalue weighted by molar-refractivity contribution is 5.53. The Kier molecular flexibility index (Phi) is 5.69. The van der Waals surface area contributed by atoms with Gasteiger partial charge in [0.15, 0.2) is 0 Å². The third-order valence-corrected chi connectivity index (χ3v) is 3.36. The van der Waals surface area contributed by atoms with E-state index in [1.165, 1.54) is 6.07 Å². The van der Waals surface area contributed by atoms with Crippen molar-refractivity contribution in [1.82, 2.24) is 10.3 Å². The van der Waals surface area contributed by atoms with E-state index in [1.54, 1.807) is 12.3 Å². The molecule has 2 rings (SSSR count). The highest BCUT2D eigenvalue weighted by atomic mass is 19.1. The van der Waals surface area contributed by atoms with Crippen molar-refractivity contribution in [2.45, 2.75) is 26.4 Å². The fourth-order valence-corrected chi connectivity index (χ4v) is 2.29.